The molecule has 0 saturated carbocycles. The third kappa shape index (κ3) is 3.08. The zero-order valence-electron chi connectivity index (χ0n) is 9.39. The number of alkyl halides is 3. The lowest BCUT2D eigenvalue weighted by Crippen LogP contribution is -2.52. The van der Waals surface area contributed by atoms with Crippen LogP contribution in [0.5, 0.6) is 0 Å². The molecule has 5 nitrogen and oxygen atoms in total. The zero-order chi connectivity index (χ0) is 12.9. The van der Waals surface area contributed by atoms with Crippen LogP contribution in [0.25, 0.3) is 0 Å². The smallest absolute Gasteiger partial charge is 0.382 e. The number of ether oxygens (including phenoxy) is 1. The molecule has 100 valence electrons. The normalized spacial score (nSPS) is 24.9. The number of hydroxylamine groups is 1. The lowest BCUT2D eigenvalue weighted by atomic mass is 9.85. The van der Waals surface area contributed by atoms with Gasteiger partial charge < -0.3 is 10.1 Å². The van der Waals surface area contributed by atoms with Gasteiger partial charge in [-0.05, 0) is 13.0 Å². The van der Waals surface area contributed by atoms with Gasteiger partial charge >= 0.3 is 6.18 Å². The minimum atomic E-state index is -4.59. The van der Waals surface area contributed by atoms with Gasteiger partial charge in [-0.15, -0.1) is 0 Å². The van der Waals surface area contributed by atoms with E-state index in [1.54, 1.807) is 0 Å². The fourth-order valence-electron chi connectivity index (χ4n) is 1.60. The second-order valence-corrected chi connectivity index (χ2v) is 3.78. The van der Waals surface area contributed by atoms with E-state index < -0.39 is 24.0 Å². The molecule has 1 aliphatic heterocycles. The monoisotopic (exact) mass is 256 g/mol. The topological polar surface area (TPSA) is 59.6 Å². The number of amides is 1. The Morgan fingerprint density at radius 1 is 1.47 bits per heavy atom. The average molecular weight is 256 g/mol. The van der Waals surface area contributed by atoms with E-state index >= 15 is 0 Å². The highest BCUT2D eigenvalue weighted by Crippen LogP contribution is 2.43. The molecule has 1 atom stereocenters. The maximum atomic E-state index is 12.9. The van der Waals surface area contributed by atoms with E-state index in [1.807, 2.05) is 5.48 Å². The van der Waals surface area contributed by atoms with Crippen LogP contribution < -0.4 is 10.8 Å². The molecule has 0 spiro atoms. The fraction of sp³-hybridized carbons (Fsp3) is 0.889. The Kier molecular flexibility index (Phi) is 4.72. The van der Waals surface area contributed by atoms with Gasteiger partial charge in [-0.2, -0.15) is 13.2 Å². The van der Waals surface area contributed by atoms with Crippen LogP contribution in [-0.4, -0.2) is 45.5 Å². The predicted molar refractivity (Wildman–Crippen MR) is 51.9 cm³/mol. The number of hydrogen-bond acceptors (Lipinski definition) is 4. The average Bonchev–Trinajstić information content (AvgIpc) is 2.73. The summed E-state index contributed by atoms with van der Waals surface area (Å²) in [5, 5.41) is 2.54. The summed E-state index contributed by atoms with van der Waals surface area (Å²) in [5.74, 6) is -1.16. The van der Waals surface area contributed by atoms with Crippen LogP contribution in [-0.2, 0) is 14.4 Å². The van der Waals surface area contributed by atoms with Crippen LogP contribution >= 0.6 is 0 Å². The quantitative estimate of drug-likeness (QED) is 0.546. The Hall–Kier alpha value is -0.860. The first-order valence-electron chi connectivity index (χ1n) is 5.13. The SMILES string of the molecule is COCCONC(=O)C1(C(F)(F)F)CCNC1. The van der Waals surface area contributed by atoms with Crippen molar-refractivity contribution in [3.05, 3.63) is 0 Å². The first kappa shape index (κ1) is 14.2. The summed E-state index contributed by atoms with van der Waals surface area (Å²) in [7, 11) is 1.42. The Labute approximate surface area is 96.6 Å². The van der Waals surface area contributed by atoms with Crippen molar-refractivity contribution in [2.75, 3.05) is 33.4 Å². The molecule has 17 heavy (non-hydrogen) atoms. The third-order valence-corrected chi connectivity index (χ3v) is 2.69. The maximum absolute atomic E-state index is 12.9. The molecule has 1 amide bonds. The van der Waals surface area contributed by atoms with Crippen molar-refractivity contribution >= 4 is 5.91 Å². The van der Waals surface area contributed by atoms with Crippen molar-refractivity contribution < 1.29 is 27.5 Å². The molecule has 0 aromatic carbocycles. The lowest BCUT2D eigenvalue weighted by Gasteiger charge is -2.28. The highest BCUT2D eigenvalue weighted by molar-refractivity contribution is 5.83. The van der Waals surface area contributed by atoms with Gasteiger partial charge in [0.05, 0.1) is 13.2 Å². The molecule has 1 aliphatic rings. The van der Waals surface area contributed by atoms with Crippen LogP contribution in [0.4, 0.5) is 13.2 Å². The van der Waals surface area contributed by atoms with Crippen molar-refractivity contribution in [2.24, 2.45) is 5.41 Å². The summed E-state index contributed by atoms with van der Waals surface area (Å²) < 4.78 is 43.2. The number of methoxy groups -OCH3 is 1. The zero-order valence-corrected chi connectivity index (χ0v) is 9.39. The van der Waals surface area contributed by atoms with E-state index in [0.717, 1.165) is 0 Å². The number of rotatable bonds is 5. The molecule has 0 radical (unpaired) electrons. The number of nitrogens with one attached hydrogen (secondary N) is 2. The molecule has 0 aromatic heterocycles. The molecule has 1 saturated heterocycles. The number of carbonyl (C=O) groups is 1. The summed E-state index contributed by atoms with van der Waals surface area (Å²) in [6.07, 6.45) is -4.87. The maximum Gasteiger partial charge on any atom is 0.404 e. The summed E-state index contributed by atoms with van der Waals surface area (Å²) in [5.41, 5.74) is -0.561. The second kappa shape index (κ2) is 5.65. The fourth-order valence-corrected chi connectivity index (χ4v) is 1.60. The molecule has 8 heteroatoms. The first-order valence-corrected chi connectivity index (χ1v) is 5.13. The number of hydrogen-bond donors (Lipinski definition) is 2. The van der Waals surface area contributed by atoms with Crippen LogP contribution in [0.1, 0.15) is 6.42 Å². The molecule has 0 bridgehead atoms. The predicted octanol–water partition coefficient (Wildman–Crippen LogP) is 0.223. The highest BCUT2D eigenvalue weighted by Gasteiger charge is 2.61. The van der Waals surface area contributed by atoms with Crippen LogP contribution in [0, 0.1) is 5.41 Å². The van der Waals surface area contributed by atoms with Gasteiger partial charge in [-0.1, -0.05) is 0 Å². The molecule has 0 aliphatic carbocycles. The number of halogens is 3. The van der Waals surface area contributed by atoms with Crippen molar-refractivity contribution in [1.82, 2.24) is 10.8 Å². The second-order valence-electron chi connectivity index (χ2n) is 3.78. The van der Waals surface area contributed by atoms with Crippen LogP contribution in [0.3, 0.4) is 0 Å². The molecular weight excluding hydrogens is 241 g/mol. The molecule has 1 fully saturated rings. The van der Waals surface area contributed by atoms with Gasteiger partial charge in [0.15, 0.2) is 5.41 Å². The van der Waals surface area contributed by atoms with Crippen molar-refractivity contribution in [1.29, 1.82) is 0 Å². The van der Waals surface area contributed by atoms with Gasteiger partial charge in [-0.25, -0.2) is 5.48 Å². The number of carbonyl (C=O) groups excluding carboxylic acids is 1. The summed E-state index contributed by atoms with van der Waals surface area (Å²) in [6.45, 7) is -0.0673. The highest BCUT2D eigenvalue weighted by atomic mass is 19.4. The van der Waals surface area contributed by atoms with E-state index in [9.17, 15) is 18.0 Å². The molecule has 1 unspecified atom stereocenters. The first-order chi connectivity index (χ1) is 7.94. The van der Waals surface area contributed by atoms with Crippen molar-refractivity contribution in [3.8, 4) is 0 Å². The Morgan fingerprint density at radius 2 is 2.18 bits per heavy atom. The molecule has 1 rings (SSSR count). The minimum absolute atomic E-state index is 0.00358. The Morgan fingerprint density at radius 3 is 2.65 bits per heavy atom. The van der Waals surface area contributed by atoms with Gasteiger partial charge in [0.1, 0.15) is 0 Å². The van der Waals surface area contributed by atoms with E-state index in [2.05, 4.69) is 14.9 Å². The molecule has 2 N–H and O–H groups in total. The molecule has 0 aromatic rings. The van der Waals surface area contributed by atoms with E-state index in [4.69, 9.17) is 0 Å². The van der Waals surface area contributed by atoms with Gasteiger partial charge in [0.2, 0.25) is 0 Å². The van der Waals surface area contributed by atoms with Crippen molar-refractivity contribution in [2.45, 2.75) is 12.6 Å². The molecular formula is C9H15F3N2O3. The van der Waals surface area contributed by atoms with Gasteiger partial charge in [0.25, 0.3) is 5.91 Å². The van der Waals surface area contributed by atoms with E-state index in [0.29, 0.717) is 0 Å². The summed E-state index contributed by atoms with van der Waals surface area (Å²) >= 11 is 0. The van der Waals surface area contributed by atoms with E-state index in [1.165, 1.54) is 7.11 Å². The van der Waals surface area contributed by atoms with Gasteiger partial charge in [0, 0.05) is 13.7 Å². The third-order valence-electron chi connectivity index (χ3n) is 2.69. The van der Waals surface area contributed by atoms with Crippen LogP contribution in [0.15, 0.2) is 0 Å². The summed E-state index contributed by atoms with van der Waals surface area (Å²) in [6, 6.07) is 0. The lowest BCUT2D eigenvalue weighted by molar-refractivity contribution is -0.221. The van der Waals surface area contributed by atoms with Crippen LogP contribution in [0.2, 0.25) is 0 Å². The standard InChI is InChI=1S/C9H15F3N2O3/c1-16-4-5-17-14-7(15)8(9(10,11)12)2-3-13-6-8/h13H,2-6H2,1H3,(H,14,15). The minimum Gasteiger partial charge on any atom is -0.382 e. The van der Waals surface area contributed by atoms with Crippen molar-refractivity contribution in [3.63, 3.8) is 0 Å². The van der Waals surface area contributed by atoms with Gasteiger partial charge in [-0.3, -0.25) is 9.63 Å². The Balaban J connectivity index is 2.56. The van der Waals surface area contributed by atoms with E-state index in [-0.39, 0.29) is 26.2 Å². The largest absolute Gasteiger partial charge is 0.404 e. The summed E-state index contributed by atoms with van der Waals surface area (Å²) in [4.78, 5) is 16.2. The molecule has 1 heterocycles. The Bertz CT molecular complexity index is 265.